The monoisotopic (exact) mass is 194 g/mol. The number of hydrogen-bond donors (Lipinski definition) is 0. The van der Waals surface area contributed by atoms with Crippen molar-refractivity contribution < 1.29 is 0 Å². The molecule has 0 aliphatic heterocycles. The zero-order chi connectivity index (χ0) is 10.5. The second kappa shape index (κ2) is 4.39. The maximum atomic E-state index is 5.51. The fourth-order valence-electron chi connectivity index (χ4n) is 1.42. The van der Waals surface area contributed by atoms with Crippen LogP contribution in [0.4, 0.5) is 0 Å². The van der Waals surface area contributed by atoms with Crippen molar-refractivity contribution in [2.24, 2.45) is 0 Å². The van der Waals surface area contributed by atoms with Crippen molar-refractivity contribution in [2.45, 2.75) is 5.92 Å². The van der Waals surface area contributed by atoms with E-state index in [1.807, 2.05) is 36.4 Å². The van der Waals surface area contributed by atoms with Gasteiger partial charge in [0.25, 0.3) is 0 Å². The molecule has 0 saturated carbocycles. The summed E-state index contributed by atoms with van der Waals surface area (Å²) in [4.78, 5) is 8.49. The number of aromatic nitrogens is 2. The van der Waals surface area contributed by atoms with Gasteiger partial charge in [0.15, 0.2) is 0 Å². The third-order valence-corrected chi connectivity index (χ3v) is 2.13. The number of pyridine rings is 2. The van der Waals surface area contributed by atoms with E-state index in [9.17, 15) is 0 Å². The Labute approximate surface area is 89.0 Å². The third kappa shape index (κ3) is 2.03. The molecule has 2 heterocycles. The third-order valence-electron chi connectivity index (χ3n) is 2.13. The lowest BCUT2D eigenvalue weighted by Crippen LogP contribution is -2.02. The lowest BCUT2D eigenvalue weighted by atomic mass is 10.0. The van der Waals surface area contributed by atoms with E-state index in [-0.39, 0.29) is 5.92 Å². The quantitative estimate of drug-likeness (QED) is 0.685. The van der Waals surface area contributed by atoms with Gasteiger partial charge in [0.05, 0.1) is 11.4 Å². The van der Waals surface area contributed by atoms with Crippen LogP contribution >= 0.6 is 0 Å². The highest BCUT2D eigenvalue weighted by Crippen LogP contribution is 2.19. The summed E-state index contributed by atoms with van der Waals surface area (Å²) in [5.74, 6) is 2.55. The van der Waals surface area contributed by atoms with Gasteiger partial charge in [-0.3, -0.25) is 9.97 Å². The molecule has 0 aliphatic carbocycles. The summed E-state index contributed by atoms with van der Waals surface area (Å²) in [6.45, 7) is 0. The summed E-state index contributed by atoms with van der Waals surface area (Å²) < 4.78 is 0. The van der Waals surface area contributed by atoms with Gasteiger partial charge in [0.2, 0.25) is 0 Å². The van der Waals surface area contributed by atoms with Gasteiger partial charge in [0, 0.05) is 12.4 Å². The van der Waals surface area contributed by atoms with Gasteiger partial charge in [-0.25, -0.2) is 0 Å². The molecule has 2 heteroatoms. The Morgan fingerprint density at radius 1 is 0.933 bits per heavy atom. The molecule has 0 atom stereocenters. The van der Waals surface area contributed by atoms with Crippen LogP contribution in [-0.2, 0) is 0 Å². The average molecular weight is 194 g/mol. The minimum Gasteiger partial charge on any atom is -0.260 e. The van der Waals surface area contributed by atoms with E-state index in [1.54, 1.807) is 12.4 Å². The molecule has 0 fully saturated rings. The highest BCUT2D eigenvalue weighted by atomic mass is 14.7. The molecule has 0 aliphatic rings. The van der Waals surface area contributed by atoms with E-state index in [2.05, 4.69) is 15.9 Å². The van der Waals surface area contributed by atoms with E-state index in [0.29, 0.717) is 0 Å². The Morgan fingerprint density at radius 3 is 1.80 bits per heavy atom. The summed E-state index contributed by atoms with van der Waals surface area (Å²) >= 11 is 0. The van der Waals surface area contributed by atoms with Gasteiger partial charge in [-0.2, -0.15) is 0 Å². The molecule has 72 valence electrons. The van der Waals surface area contributed by atoms with Gasteiger partial charge in [-0.15, -0.1) is 6.42 Å². The fraction of sp³-hybridized carbons (Fsp3) is 0.0769. The van der Waals surface area contributed by atoms with Crippen molar-refractivity contribution in [1.29, 1.82) is 0 Å². The first-order valence-electron chi connectivity index (χ1n) is 4.70. The molecule has 2 aromatic rings. The van der Waals surface area contributed by atoms with Crippen LogP contribution in [0.1, 0.15) is 17.3 Å². The predicted molar refractivity (Wildman–Crippen MR) is 59.2 cm³/mol. The van der Waals surface area contributed by atoms with Crippen LogP contribution < -0.4 is 0 Å². The molecule has 2 nitrogen and oxygen atoms in total. The van der Waals surface area contributed by atoms with Crippen LogP contribution in [0.2, 0.25) is 0 Å². The Hall–Kier alpha value is -2.14. The summed E-state index contributed by atoms with van der Waals surface area (Å²) in [7, 11) is 0. The van der Waals surface area contributed by atoms with Crippen molar-refractivity contribution in [3.05, 3.63) is 60.2 Å². The average Bonchev–Trinajstić information content (AvgIpc) is 2.33. The van der Waals surface area contributed by atoms with Crippen LogP contribution in [0.25, 0.3) is 0 Å². The molecule has 0 amide bonds. The van der Waals surface area contributed by atoms with Crippen molar-refractivity contribution in [2.75, 3.05) is 0 Å². The Kier molecular flexibility index (Phi) is 2.75. The number of hydrogen-bond acceptors (Lipinski definition) is 2. The highest BCUT2D eigenvalue weighted by Gasteiger charge is 2.12. The maximum Gasteiger partial charge on any atom is 0.104 e. The van der Waals surface area contributed by atoms with E-state index in [0.717, 1.165) is 11.4 Å². The summed E-state index contributed by atoms with van der Waals surface area (Å²) in [5, 5.41) is 0. The Balaban J connectivity index is 2.39. The fourth-order valence-corrected chi connectivity index (χ4v) is 1.42. The first-order chi connectivity index (χ1) is 7.42. The largest absolute Gasteiger partial charge is 0.260 e. The molecule has 2 rings (SSSR count). The molecule has 0 spiro atoms. The summed E-state index contributed by atoms with van der Waals surface area (Å²) in [5.41, 5.74) is 1.72. The standard InChI is InChI=1S/C13H10N2/c1-2-11(12-7-3-5-9-14-12)13-8-4-6-10-15-13/h1,3-11H. The van der Waals surface area contributed by atoms with Crippen molar-refractivity contribution in [1.82, 2.24) is 9.97 Å². The van der Waals surface area contributed by atoms with Crippen LogP contribution in [0.3, 0.4) is 0 Å². The minimum atomic E-state index is -0.160. The zero-order valence-electron chi connectivity index (χ0n) is 8.17. The van der Waals surface area contributed by atoms with Crippen molar-refractivity contribution >= 4 is 0 Å². The maximum absolute atomic E-state index is 5.51. The highest BCUT2D eigenvalue weighted by molar-refractivity contribution is 5.31. The molecule has 0 saturated heterocycles. The summed E-state index contributed by atoms with van der Waals surface area (Å²) in [6, 6.07) is 11.4. The second-order valence-corrected chi connectivity index (χ2v) is 3.11. The van der Waals surface area contributed by atoms with Gasteiger partial charge >= 0.3 is 0 Å². The van der Waals surface area contributed by atoms with E-state index in [4.69, 9.17) is 6.42 Å². The lowest BCUT2D eigenvalue weighted by Gasteiger charge is -2.08. The van der Waals surface area contributed by atoms with E-state index in [1.165, 1.54) is 0 Å². The van der Waals surface area contributed by atoms with Gasteiger partial charge < -0.3 is 0 Å². The number of nitrogens with zero attached hydrogens (tertiary/aromatic N) is 2. The molecule has 15 heavy (non-hydrogen) atoms. The van der Waals surface area contributed by atoms with Crippen LogP contribution in [0.5, 0.6) is 0 Å². The Morgan fingerprint density at radius 2 is 1.47 bits per heavy atom. The minimum absolute atomic E-state index is 0.160. The van der Waals surface area contributed by atoms with Crippen LogP contribution in [0, 0.1) is 12.3 Å². The number of terminal acetylenes is 1. The Bertz CT molecular complexity index is 417. The van der Waals surface area contributed by atoms with Gasteiger partial charge in [-0.05, 0) is 24.3 Å². The van der Waals surface area contributed by atoms with Gasteiger partial charge in [0.1, 0.15) is 5.92 Å². The number of rotatable bonds is 2. The van der Waals surface area contributed by atoms with E-state index >= 15 is 0 Å². The first-order valence-corrected chi connectivity index (χ1v) is 4.70. The molecule has 2 aromatic heterocycles. The summed E-state index contributed by atoms with van der Waals surface area (Å²) in [6.07, 6.45) is 8.98. The van der Waals surface area contributed by atoms with Crippen LogP contribution in [-0.4, -0.2) is 9.97 Å². The second-order valence-electron chi connectivity index (χ2n) is 3.11. The molecule has 0 unspecified atom stereocenters. The zero-order valence-corrected chi connectivity index (χ0v) is 8.17. The molecule has 0 aromatic carbocycles. The molecular formula is C13H10N2. The predicted octanol–water partition coefficient (Wildman–Crippen LogP) is 2.24. The molecule has 0 bridgehead atoms. The van der Waals surface area contributed by atoms with Gasteiger partial charge in [-0.1, -0.05) is 18.1 Å². The topological polar surface area (TPSA) is 25.8 Å². The normalized spacial score (nSPS) is 9.87. The first kappa shape index (κ1) is 9.42. The SMILES string of the molecule is C#CC(c1ccccn1)c1ccccn1. The van der Waals surface area contributed by atoms with Crippen molar-refractivity contribution in [3.8, 4) is 12.3 Å². The molecule has 0 radical (unpaired) electrons. The molecule has 0 N–H and O–H groups in total. The molecular weight excluding hydrogens is 184 g/mol. The van der Waals surface area contributed by atoms with Crippen LogP contribution in [0.15, 0.2) is 48.8 Å². The van der Waals surface area contributed by atoms with E-state index < -0.39 is 0 Å². The lowest BCUT2D eigenvalue weighted by molar-refractivity contribution is 0.931. The smallest absolute Gasteiger partial charge is 0.104 e. The van der Waals surface area contributed by atoms with Crippen molar-refractivity contribution in [3.63, 3.8) is 0 Å².